The second kappa shape index (κ2) is 6.05. The molecular formula is C19H18N4O2. The lowest BCUT2D eigenvalue weighted by molar-refractivity contribution is -0.120. The van der Waals surface area contributed by atoms with Crippen LogP contribution in [0.2, 0.25) is 0 Å². The van der Waals surface area contributed by atoms with Gasteiger partial charge in [0, 0.05) is 37.9 Å². The van der Waals surface area contributed by atoms with Gasteiger partial charge < -0.3 is 9.47 Å². The van der Waals surface area contributed by atoms with Gasteiger partial charge in [-0.15, -0.1) is 0 Å². The third-order valence-corrected chi connectivity index (χ3v) is 4.56. The second-order valence-electron chi connectivity index (χ2n) is 6.13. The van der Waals surface area contributed by atoms with Crippen molar-refractivity contribution in [1.29, 1.82) is 0 Å². The van der Waals surface area contributed by atoms with Crippen LogP contribution in [0.25, 0.3) is 10.9 Å². The Morgan fingerprint density at radius 2 is 1.96 bits per heavy atom. The zero-order valence-corrected chi connectivity index (χ0v) is 13.9. The summed E-state index contributed by atoms with van der Waals surface area (Å²) in [5, 5.41) is 1.02. The molecule has 4 rings (SSSR count). The molecule has 1 aromatic carbocycles. The first-order valence-corrected chi connectivity index (χ1v) is 8.20. The van der Waals surface area contributed by atoms with E-state index in [1.54, 1.807) is 22.1 Å². The minimum Gasteiger partial charge on any atom is -0.350 e. The van der Waals surface area contributed by atoms with Gasteiger partial charge in [0.15, 0.2) is 0 Å². The van der Waals surface area contributed by atoms with Crippen LogP contribution in [0.15, 0.2) is 54.9 Å². The minimum absolute atomic E-state index is 0.0657. The topological polar surface area (TPSA) is 58.4 Å². The van der Waals surface area contributed by atoms with Crippen molar-refractivity contribution in [3.8, 4) is 0 Å². The van der Waals surface area contributed by atoms with Crippen LogP contribution in [-0.4, -0.2) is 45.9 Å². The van der Waals surface area contributed by atoms with Gasteiger partial charge in [-0.05, 0) is 24.3 Å². The Morgan fingerprint density at radius 3 is 2.72 bits per heavy atom. The van der Waals surface area contributed by atoms with Crippen molar-refractivity contribution in [2.45, 2.75) is 0 Å². The van der Waals surface area contributed by atoms with Crippen LogP contribution in [0.1, 0.15) is 10.4 Å². The molecule has 2 amide bonds. The summed E-state index contributed by atoms with van der Waals surface area (Å²) in [6.45, 7) is 1.00. The maximum atomic E-state index is 13.0. The van der Waals surface area contributed by atoms with E-state index in [2.05, 4.69) is 4.98 Å². The quantitative estimate of drug-likeness (QED) is 0.721. The number of carbonyl (C=O) groups is 2. The number of para-hydroxylation sites is 1. The second-order valence-corrected chi connectivity index (χ2v) is 6.13. The van der Waals surface area contributed by atoms with Gasteiger partial charge in [-0.3, -0.25) is 14.5 Å². The fraction of sp³-hybridized carbons (Fsp3) is 0.211. The lowest BCUT2D eigenvalue weighted by Crippen LogP contribution is -2.52. The highest BCUT2D eigenvalue weighted by Crippen LogP contribution is 2.22. The fourth-order valence-corrected chi connectivity index (χ4v) is 3.30. The molecule has 1 fully saturated rings. The molecule has 1 aliphatic rings. The number of hydrogen-bond donors (Lipinski definition) is 0. The summed E-state index contributed by atoms with van der Waals surface area (Å²) in [7, 11) is 1.92. The summed E-state index contributed by atoms with van der Waals surface area (Å²) >= 11 is 0. The average molecular weight is 334 g/mol. The molecular weight excluding hydrogens is 316 g/mol. The molecule has 0 spiro atoms. The molecule has 6 heteroatoms. The maximum Gasteiger partial charge on any atom is 0.256 e. The van der Waals surface area contributed by atoms with Crippen molar-refractivity contribution >= 4 is 28.5 Å². The van der Waals surface area contributed by atoms with E-state index in [1.165, 1.54) is 0 Å². The number of pyridine rings is 1. The lowest BCUT2D eigenvalue weighted by Gasteiger charge is -2.33. The number of benzene rings is 1. The summed E-state index contributed by atoms with van der Waals surface area (Å²) in [5.41, 5.74) is 1.52. The lowest BCUT2D eigenvalue weighted by atomic mass is 10.1. The van der Waals surface area contributed by atoms with Gasteiger partial charge in [-0.25, -0.2) is 4.98 Å². The van der Waals surface area contributed by atoms with Crippen LogP contribution in [0.3, 0.4) is 0 Å². The smallest absolute Gasteiger partial charge is 0.256 e. The molecule has 126 valence electrons. The number of carbonyl (C=O) groups excluding carboxylic acids is 2. The summed E-state index contributed by atoms with van der Waals surface area (Å²) in [6.07, 6.45) is 3.60. The van der Waals surface area contributed by atoms with Crippen molar-refractivity contribution in [2.24, 2.45) is 7.05 Å². The summed E-state index contributed by atoms with van der Waals surface area (Å²) in [6, 6.07) is 13.1. The van der Waals surface area contributed by atoms with Gasteiger partial charge in [0.2, 0.25) is 5.91 Å². The van der Waals surface area contributed by atoms with Crippen molar-refractivity contribution < 1.29 is 9.59 Å². The van der Waals surface area contributed by atoms with Crippen molar-refractivity contribution in [3.05, 3.63) is 60.4 Å². The SMILES string of the molecule is Cn1ccc2cccc(C(=O)N3CCN(c4ccccn4)C(=O)C3)c21. The number of aryl methyl sites for hydroxylation is 1. The number of amides is 2. The van der Waals surface area contributed by atoms with Gasteiger partial charge in [0.25, 0.3) is 5.91 Å². The molecule has 0 aliphatic carbocycles. The summed E-state index contributed by atoms with van der Waals surface area (Å²) in [4.78, 5) is 33.0. The van der Waals surface area contributed by atoms with E-state index in [4.69, 9.17) is 0 Å². The number of rotatable bonds is 2. The minimum atomic E-state index is -0.114. The van der Waals surface area contributed by atoms with Crippen LogP contribution in [0.5, 0.6) is 0 Å². The maximum absolute atomic E-state index is 13.0. The van der Waals surface area contributed by atoms with E-state index >= 15 is 0 Å². The normalized spacial score (nSPS) is 15.0. The van der Waals surface area contributed by atoms with E-state index in [-0.39, 0.29) is 18.4 Å². The van der Waals surface area contributed by atoms with Gasteiger partial charge in [-0.1, -0.05) is 18.2 Å². The molecule has 0 atom stereocenters. The number of fused-ring (bicyclic) bond motifs is 1. The molecule has 25 heavy (non-hydrogen) atoms. The largest absolute Gasteiger partial charge is 0.350 e. The van der Waals surface area contributed by atoms with Crippen molar-refractivity contribution in [2.75, 3.05) is 24.5 Å². The Balaban J connectivity index is 1.58. The monoisotopic (exact) mass is 334 g/mol. The molecule has 1 saturated heterocycles. The number of nitrogens with zero attached hydrogens (tertiary/aromatic N) is 4. The van der Waals surface area contributed by atoms with Gasteiger partial charge >= 0.3 is 0 Å². The standard InChI is InChI=1S/C19H18N4O2/c1-21-10-8-14-5-4-6-15(18(14)21)19(25)22-11-12-23(17(24)13-22)16-7-2-3-9-20-16/h2-10H,11-13H2,1H3. The molecule has 0 unspecified atom stereocenters. The van der Waals surface area contributed by atoms with Crippen LogP contribution in [-0.2, 0) is 11.8 Å². The Hall–Kier alpha value is -3.15. The molecule has 1 aliphatic heterocycles. The summed E-state index contributed by atoms with van der Waals surface area (Å²) in [5.74, 6) is 0.405. The Bertz CT molecular complexity index is 948. The van der Waals surface area contributed by atoms with Gasteiger partial charge in [-0.2, -0.15) is 0 Å². The Kier molecular flexibility index (Phi) is 3.72. The molecule has 2 aromatic heterocycles. The Morgan fingerprint density at radius 1 is 1.08 bits per heavy atom. The van der Waals surface area contributed by atoms with Crippen molar-refractivity contribution in [3.63, 3.8) is 0 Å². The average Bonchev–Trinajstić information content (AvgIpc) is 3.03. The first-order chi connectivity index (χ1) is 12.1. The van der Waals surface area contributed by atoms with Crippen LogP contribution < -0.4 is 4.90 Å². The van der Waals surface area contributed by atoms with Crippen LogP contribution in [0.4, 0.5) is 5.82 Å². The van der Waals surface area contributed by atoms with E-state index < -0.39 is 0 Å². The third-order valence-electron chi connectivity index (χ3n) is 4.56. The summed E-state index contributed by atoms with van der Waals surface area (Å²) < 4.78 is 1.94. The van der Waals surface area contributed by atoms with Gasteiger partial charge in [0.05, 0.1) is 11.1 Å². The molecule has 0 N–H and O–H groups in total. The van der Waals surface area contributed by atoms with E-state index in [9.17, 15) is 9.59 Å². The third kappa shape index (κ3) is 2.65. The fourth-order valence-electron chi connectivity index (χ4n) is 3.30. The van der Waals surface area contributed by atoms with Crippen molar-refractivity contribution in [1.82, 2.24) is 14.5 Å². The predicted octanol–water partition coefficient (Wildman–Crippen LogP) is 2.06. The number of anilines is 1. The molecule has 6 nitrogen and oxygen atoms in total. The molecule has 0 bridgehead atoms. The number of piperazine rings is 1. The first-order valence-electron chi connectivity index (χ1n) is 8.20. The van der Waals surface area contributed by atoms with E-state index in [1.807, 2.05) is 54.2 Å². The van der Waals surface area contributed by atoms with Crippen LogP contribution in [0, 0.1) is 0 Å². The molecule has 0 radical (unpaired) electrons. The van der Waals surface area contributed by atoms with Gasteiger partial charge in [0.1, 0.15) is 12.4 Å². The van der Waals surface area contributed by atoms with E-state index in [0.717, 1.165) is 10.9 Å². The molecule has 3 heterocycles. The zero-order chi connectivity index (χ0) is 17.4. The molecule has 0 saturated carbocycles. The highest BCUT2D eigenvalue weighted by molar-refractivity contribution is 6.08. The number of hydrogen-bond acceptors (Lipinski definition) is 3. The molecule has 3 aromatic rings. The highest BCUT2D eigenvalue weighted by Gasteiger charge is 2.30. The zero-order valence-electron chi connectivity index (χ0n) is 13.9. The number of aromatic nitrogens is 2. The predicted molar refractivity (Wildman–Crippen MR) is 95.4 cm³/mol. The first kappa shape index (κ1) is 15.4. The Labute approximate surface area is 145 Å². The highest BCUT2D eigenvalue weighted by atomic mass is 16.2. The van der Waals surface area contributed by atoms with E-state index in [0.29, 0.717) is 24.5 Å². The van der Waals surface area contributed by atoms with Crippen LogP contribution >= 0.6 is 0 Å².